The molecule has 0 aromatic carbocycles. The predicted molar refractivity (Wildman–Crippen MR) is 55.0 cm³/mol. The monoisotopic (exact) mass is 215 g/mol. The fourth-order valence-corrected chi connectivity index (χ4v) is 1.19. The number of Topliss-reactive ketones (excluding diaryl/α,β-unsaturated/α-hetero) is 1. The lowest BCUT2D eigenvalue weighted by molar-refractivity contribution is -0.131. The second-order valence-electron chi connectivity index (χ2n) is 4.04. The summed E-state index contributed by atoms with van der Waals surface area (Å²) in [6, 6.07) is 0. The molecule has 4 heteroatoms. The number of ketones is 1. The van der Waals surface area contributed by atoms with Gasteiger partial charge in [0.1, 0.15) is 13.2 Å². The van der Waals surface area contributed by atoms with Crippen molar-refractivity contribution in [3.63, 3.8) is 0 Å². The van der Waals surface area contributed by atoms with Crippen LogP contribution in [-0.2, 0) is 19.0 Å². The molecular formula is C11H19O4. The van der Waals surface area contributed by atoms with Crippen molar-refractivity contribution in [1.82, 2.24) is 0 Å². The van der Waals surface area contributed by atoms with Gasteiger partial charge in [0.25, 0.3) is 0 Å². The molecule has 1 heterocycles. The maximum absolute atomic E-state index is 11.3. The molecule has 0 aliphatic carbocycles. The molecule has 15 heavy (non-hydrogen) atoms. The van der Waals surface area contributed by atoms with Gasteiger partial charge in [0, 0.05) is 6.61 Å². The van der Waals surface area contributed by atoms with E-state index in [-0.39, 0.29) is 18.8 Å². The van der Waals surface area contributed by atoms with Crippen LogP contribution in [0.3, 0.4) is 0 Å². The molecule has 0 saturated carbocycles. The zero-order valence-corrected chi connectivity index (χ0v) is 9.40. The highest BCUT2D eigenvalue weighted by Gasteiger charge is 2.19. The Kier molecular flexibility index (Phi) is 5.83. The molecule has 1 aliphatic rings. The lowest BCUT2D eigenvalue weighted by atomic mass is 10.1. The SMILES string of the molecule is CC(C)CCOCC(=O)CC1O[CH]CO1. The molecule has 1 rings (SSSR count). The molecular weight excluding hydrogens is 196 g/mol. The molecule has 1 aliphatic heterocycles. The van der Waals surface area contributed by atoms with Gasteiger partial charge in [-0.15, -0.1) is 0 Å². The predicted octanol–water partition coefficient (Wildman–Crippen LogP) is 1.54. The Hall–Kier alpha value is -0.450. The van der Waals surface area contributed by atoms with Gasteiger partial charge in [0.05, 0.1) is 13.0 Å². The van der Waals surface area contributed by atoms with Crippen LogP contribution in [0.25, 0.3) is 0 Å². The summed E-state index contributed by atoms with van der Waals surface area (Å²) in [6.07, 6.45) is 0.863. The summed E-state index contributed by atoms with van der Waals surface area (Å²) >= 11 is 0. The van der Waals surface area contributed by atoms with Gasteiger partial charge in [-0.3, -0.25) is 4.79 Å². The van der Waals surface area contributed by atoms with Gasteiger partial charge in [-0.25, -0.2) is 0 Å². The Balaban J connectivity index is 1.98. The summed E-state index contributed by atoms with van der Waals surface area (Å²) in [6.45, 7) is 7.09. The van der Waals surface area contributed by atoms with Crippen LogP contribution in [0.15, 0.2) is 0 Å². The summed E-state index contributed by atoms with van der Waals surface area (Å²) in [7, 11) is 0. The van der Waals surface area contributed by atoms with Crippen LogP contribution in [0.5, 0.6) is 0 Å². The first-order chi connectivity index (χ1) is 7.18. The third kappa shape index (κ3) is 5.87. The first kappa shape index (κ1) is 12.6. The highest BCUT2D eigenvalue weighted by molar-refractivity contribution is 5.79. The summed E-state index contributed by atoms with van der Waals surface area (Å²) in [5.41, 5.74) is 0. The van der Waals surface area contributed by atoms with Gasteiger partial charge >= 0.3 is 0 Å². The third-order valence-electron chi connectivity index (χ3n) is 2.10. The molecule has 1 saturated heterocycles. The average Bonchev–Trinajstić information content (AvgIpc) is 2.64. The van der Waals surface area contributed by atoms with Crippen LogP contribution < -0.4 is 0 Å². The molecule has 0 N–H and O–H groups in total. The maximum Gasteiger partial charge on any atom is 0.165 e. The molecule has 1 fully saturated rings. The second-order valence-corrected chi connectivity index (χ2v) is 4.04. The fourth-order valence-electron chi connectivity index (χ4n) is 1.19. The van der Waals surface area contributed by atoms with Gasteiger partial charge in [-0.2, -0.15) is 0 Å². The summed E-state index contributed by atoms with van der Waals surface area (Å²) < 4.78 is 15.4. The fraction of sp³-hybridized carbons (Fsp3) is 0.818. The largest absolute Gasteiger partial charge is 0.374 e. The maximum atomic E-state index is 11.3. The highest BCUT2D eigenvalue weighted by Crippen LogP contribution is 2.11. The van der Waals surface area contributed by atoms with Gasteiger partial charge in [-0.05, 0) is 12.3 Å². The van der Waals surface area contributed by atoms with Crippen molar-refractivity contribution in [2.24, 2.45) is 5.92 Å². The van der Waals surface area contributed by atoms with E-state index in [0.29, 0.717) is 19.1 Å². The van der Waals surface area contributed by atoms with Crippen LogP contribution >= 0.6 is 0 Å². The van der Waals surface area contributed by atoms with Crippen LogP contribution in [0.2, 0.25) is 0 Å². The standard InChI is InChI=1S/C11H19O4/c1-9(2)3-4-13-8-10(12)7-11-14-5-6-15-11/h5,9,11H,3-4,6-8H2,1-2H3. The topological polar surface area (TPSA) is 44.8 Å². The Morgan fingerprint density at radius 3 is 3.00 bits per heavy atom. The van der Waals surface area contributed by atoms with Crippen molar-refractivity contribution in [2.75, 3.05) is 19.8 Å². The minimum absolute atomic E-state index is 0.0269. The number of rotatable bonds is 7. The molecule has 0 aromatic heterocycles. The molecule has 0 spiro atoms. The minimum atomic E-state index is -0.397. The van der Waals surface area contributed by atoms with E-state index < -0.39 is 6.29 Å². The Morgan fingerprint density at radius 2 is 2.40 bits per heavy atom. The van der Waals surface area contributed by atoms with E-state index in [0.717, 1.165) is 6.42 Å². The lowest BCUT2D eigenvalue weighted by Crippen LogP contribution is -2.18. The Morgan fingerprint density at radius 1 is 1.60 bits per heavy atom. The zero-order valence-electron chi connectivity index (χ0n) is 9.40. The van der Waals surface area contributed by atoms with Crippen LogP contribution in [0, 0.1) is 12.5 Å². The van der Waals surface area contributed by atoms with Crippen molar-refractivity contribution in [3.05, 3.63) is 6.61 Å². The molecule has 0 amide bonds. The van der Waals surface area contributed by atoms with Crippen LogP contribution in [-0.4, -0.2) is 31.9 Å². The second kappa shape index (κ2) is 6.93. The first-order valence-corrected chi connectivity index (χ1v) is 5.36. The molecule has 87 valence electrons. The van der Waals surface area contributed by atoms with Gasteiger partial charge in [-0.1, -0.05) is 13.8 Å². The van der Waals surface area contributed by atoms with E-state index in [4.69, 9.17) is 14.2 Å². The van der Waals surface area contributed by atoms with Crippen molar-refractivity contribution >= 4 is 5.78 Å². The Labute approximate surface area is 90.9 Å². The van der Waals surface area contributed by atoms with Gasteiger partial charge in [0.2, 0.25) is 0 Å². The third-order valence-corrected chi connectivity index (χ3v) is 2.10. The number of carbonyl (C=O) groups is 1. The molecule has 0 aromatic rings. The number of hydrogen-bond acceptors (Lipinski definition) is 4. The zero-order chi connectivity index (χ0) is 11.1. The number of carbonyl (C=O) groups excluding carboxylic acids is 1. The quantitative estimate of drug-likeness (QED) is 0.604. The highest BCUT2D eigenvalue weighted by atomic mass is 16.7. The van der Waals surface area contributed by atoms with E-state index >= 15 is 0 Å². The van der Waals surface area contributed by atoms with E-state index in [2.05, 4.69) is 13.8 Å². The van der Waals surface area contributed by atoms with Crippen LogP contribution in [0.1, 0.15) is 26.7 Å². The molecule has 1 radical (unpaired) electrons. The summed E-state index contributed by atoms with van der Waals surface area (Å²) in [4.78, 5) is 11.3. The molecule has 1 atom stereocenters. The normalized spacial score (nSPS) is 17.5. The van der Waals surface area contributed by atoms with Crippen LogP contribution in [0.4, 0.5) is 0 Å². The lowest BCUT2D eigenvalue weighted by Gasteiger charge is -2.08. The average molecular weight is 215 g/mol. The molecule has 4 nitrogen and oxygen atoms in total. The van der Waals surface area contributed by atoms with E-state index in [1.165, 1.54) is 0 Å². The summed E-state index contributed by atoms with van der Waals surface area (Å²) in [5.74, 6) is 0.634. The van der Waals surface area contributed by atoms with Gasteiger partial charge in [0.15, 0.2) is 12.1 Å². The minimum Gasteiger partial charge on any atom is -0.374 e. The van der Waals surface area contributed by atoms with Crippen molar-refractivity contribution in [3.8, 4) is 0 Å². The van der Waals surface area contributed by atoms with Crippen molar-refractivity contribution < 1.29 is 19.0 Å². The Bertz CT molecular complexity index is 185. The van der Waals surface area contributed by atoms with E-state index in [1.54, 1.807) is 6.61 Å². The smallest absolute Gasteiger partial charge is 0.165 e. The van der Waals surface area contributed by atoms with Gasteiger partial charge < -0.3 is 14.2 Å². The summed E-state index contributed by atoms with van der Waals surface area (Å²) in [5, 5.41) is 0. The molecule has 0 bridgehead atoms. The first-order valence-electron chi connectivity index (χ1n) is 5.36. The van der Waals surface area contributed by atoms with Crippen molar-refractivity contribution in [1.29, 1.82) is 0 Å². The van der Waals surface area contributed by atoms with Crippen molar-refractivity contribution in [2.45, 2.75) is 33.0 Å². The number of ether oxygens (including phenoxy) is 3. The van der Waals surface area contributed by atoms with E-state index in [9.17, 15) is 4.79 Å². The van der Waals surface area contributed by atoms with E-state index in [1.807, 2.05) is 0 Å². The molecule has 1 unspecified atom stereocenters. The number of hydrogen-bond donors (Lipinski definition) is 0.